The molecule has 3 N–H and O–H groups in total. The normalized spacial score (nSPS) is 14.6. The zero-order valence-electron chi connectivity index (χ0n) is 13.4. The van der Waals surface area contributed by atoms with Crippen molar-refractivity contribution >= 4 is 18.3 Å². The molecule has 1 aliphatic carbocycles. The maximum absolute atomic E-state index is 13.0. The number of amides is 1. The molecule has 24 heavy (non-hydrogen) atoms. The Morgan fingerprint density at radius 3 is 2.17 bits per heavy atom. The second-order valence-corrected chi connectivity index (χ2v) is 6.39. The van der Waals surface area contributed by atoms with Crippen molar-refractivity contribution in [3.63, 3.8) is 0 Å². The van der Waals surface area contributed by atoms with Gasteiger partial charge in [0, 0.05) is 18.7 Å². The highest BCUT2D eigenvalue weighted by atomic mass is 35.5. The third-order valence-electron chi connectivity index (χ3n) is 4.53. The van der Waals surface area contributed by atoms with Gasteiger partial charge < -0.3 is 11.1 Å². The van der Waals surface area contributed by atoms with Gasteiger partial charge in [0.05, 0.1) is 0 Å². The number of carbonyl (C=O) groups excluding carboxylic acids is 1. The van der Waals surface area contributed by atoms with E-state index in [2.05, 4.69) is 5.32 Å². The summed E-state index contributed by atoms with van der Waals surface area (Å²) in [6.07, 6.45) is 3.06. The second-order valence-electron chi connectivity index (χ2n) is 6.39. The predicted octanol–water partition coefficient (Wildman–Crippen LogP) is 3.46. The van der Waals surface area contributed by atoms with Gasteiger partial charge in [0.2, 0.25) is 0 Å². The fraction of sp³-hybridized carbons (Fsp3) is 0.316. The number of rotatable bonds is 6. The van der Waals surface area contributed by atoms with Gasteiger partial charge in [0.25, 0.3) is 5.91 Å². The van der Waals surface area contributed by atoms with Crippen molar-refractivity contribution in [3.05, 3.63) is 71.0 Å². The fourth-order valence-electron chi connectivity index (χ4n) is 2.79. The Balaban J connectivity index is 0.00000208. The molecule has 3 nitrogen and oxygen atoms in total. The lowest BCUT2D eigenvalue weighted by molar-refractivity contribution is 0.0944. The van der Waals surface area contributed by atoms with E-state index in [-0.39, 0.29) is 29.5 Å². The van der Waals surface area contributed by atoms with Crippen LogP contribution in [0.25, 0.3) is 0 Å². The lowest BCUT2D eigenvalue weighted by Crippen LogP contribution is -2.31. The summed E-state index contributed by atoms with van der Waals surface area (Å²) in [5.41, 5.74) is 8.47. The predicted molar refractivity (Wildman–Crippen MR) is 95.7 cm³/mol. The summed E-state index contributed by atoms with van der Waals surface area (Å²) < 4.78 is 13.0. The highest BCUT2D eigenvalue weighted by Crippen LogP contribution is 2.47. The van der Waals surface area contributed by atoms with E-state index in [0.717, 1.165) is 30.4 Å². The Morgan fingerprint density at radius 2 is 1.62 bits per heavy atom. The van der Waals surface area contributed by atoms with Crippen molar-refractivity contribution in [2.24, 2.45) is 11.1 Å². The number of hydrogen-bond donors (Lipinski definition) is 2. The van der Waals surface area contributed by atoms with E-state index in [0.29, 0.717) is 18.7 Å². The Hall–Kier alpha value is -1.91. The quantitative estimate of drug-likeness (QED) is 0.840. The molecule has 0 bridgehead atoms. The maximum atomic E-state index is 13.0. The fourth-order valence-corrected chi connectivity index (χ4v) is 2.79. The van der Waals surface area contributed by atoms with E-state index in [9.17, 15) is 9.18 Å². The van der Waals surface area contributed by atoms with Gasteiger partial charge in [-0.25, -0.2) is 4.39 Å². The van der Waals surface area contributed by atoms with Crippen LogP contribution in [0.15, 0.2) is 48.5 Å². The lowest BCUT2D eigenvalue weighted by atomic mass is 9.96. The summed E-state index contributed by atoms with van der Waals surface area (Å²) in [6, 6.07) is 14.0. The van der Waals surface area contributed by atoms with Crippen LogP contribution in [0.5, 0.6) is 0 Å². The summed E-state index contributed by atoms with van der Waals surface area (Å²) in [7, 11) is 0. The number of nitrogens with two attached hydrogens (primary N) is 1. The molecule has 1 fully saturated rings. The number of halogens is 2. The van der Waals surface area contributed by atoms with Gasteiger partial charge in [-0.05, 0) is 60.1 Å². The highest BCUT2D eigenvalue weighted by molar-refractivity contribution is 5.94. The Kier molecular flexibility index (Phi) is 5.97. The van der Waals surface area contributed by atoms with E-state index in [1.807, 2.05) is 24.3 Å². The summed E-state index contributed by atoms with van der Waals surface area (Å²) in [5, 5.41) is 3.03. The van der Waals surface area contributed by atoms with Crippen molar-refractivity contribution < 1.29 is 9.18 Å². The second kappa shape index (κ2) is 7.77. The molecule has 0 radical (unpaired) electrons. The van der Waals surface area contributed by atoms with Gasteiger partial charge in [-0.2, -0.15) is 0 Å². The van der Waals surface area contributed by atoms with Crippen molar-refractivity contribution in [1.82, 2.24) is 5.32 Å². The SMILES string of the molecule is Cl.NCc1ccc(C(=O)NCC2(Cc3ccc(F)cc3)CC2)cc1. The van der Waals surface area contributed by atoms with Crippen LogP contribution < -0.4 is 11.1 Å². The van der Waals surface area contributed by atoms with Crippen molar-refractivity contribution in [2.75, 3.05) is 6.54 Å². The standard InChI is InChI=1S/C19H21FN2O.ClH/c20-17-7-3-14(4-8-17)11-19(9-10-19)13-22-18(23)16-5-1-15(12-21)2-6-16;/h1-8H,9-13,21H2,(H,22,23);1H. The van der Waals surface area contributed by atoms with Gasteiger partial charge in [-0.3, -0.25) is 4.79 Å². The van der Waals surface area contributed by atoms with Crippen molar-refractivity contribution in [2.45, 2.75) is 25.8 Å². The minimum atomic E-state index is -0.215. The van der Waals surface area contributed by atoms with Crippen LogP contribution in [0.4, 0.5) is 4.39 Å². The molecular weight excluding hydrogens is 327 g/mol. The summed E-state index contributed by atoms with van der Waals surface area (Å²) in [5.74, 6) is -0.272. The van der Waals surface area contributed by atoms with Crippen LogP contribution in [0.1, 0.15) is 34.3 Å². The molecule has 3 rings (SSSR count). The van der Waals surface area contributed by atoms with Crippen LogP contribution in [0.2, 0.25) is 0 Å². The molecule has 2 aromatic carbocycles. The molecular formula is C19H22ClFN2O. The number of benzene rings is 2. The first-order valence-corrected chi connectivity index (χ1v) is 7.92. The lowest BCUT2D eigenvalue weighted by Gasteiger charge is -2.16. The van der Waals surface area contributed by atoms with Gasteiger partial charge in [0.1, 0.15) is 5.82 Å². The zero-order valence-corrected chi connectivity index (χ0v) is 14.2. The topological polar surface area (TPSA) is 55.1 Å². The molecule has 0 heterocycles. The third-order valence-corrected chi connectivity index (χ3v) is 4.53. The molecule has 0 unspecified atom stereocenters. The first-order chi connectivity index (χ1) is 11.1. The number of nitrogens with one attached hydrogen (secondary N) is 1. The van der Waals surface area contributed by atoms with E-state index < -0.39 is 0 Å². The Morgan fingerprint density at radius 1 is 1.04 bits per heavy atom. The molecule has 5 heteroatoms. The van der Waals surface area contributed by atoms with Gasteiger partial charge in [-0.1, -0.05) is 24.3 Å². The van der Waals surface area contributed by atoms with Crippen LogP contribution in [-0.4, -0.2) is 12.5 Å². The Labute approximate surface area is 147 Å². The van der Waals surface area contributed by atoms with Gasteiger partial charge in [0.15, 0.2) is 0 Å². The van der Waals surface area contributed by atoms with E-state index in [4.69, 9.17) is 5.73 Å². The minimum Gasteiger partial charge on any atom is -0.351 e. The molecule has 0 aromatic heterocycles. The molecule has 1 saturated carbocycles. The van der Waals surface area contributed by atoms with E-state index >= 15 is 0 Å². The van der Waals surface area contributed by atoms with E-state index in [1.54, 1.807) is 12.1 Å². The zero-order chi connectivity index (χ0) is 16.3. The molecule has 1 aliphatic rings. The van der Waals surface area contributed by atoms with Gasteiger partial charge in [-0.15, -0.1) is 12.4 Å². The number of hydrogen-bond acceptors (Lipinski definition) is 2. The van der Waals surface area contributed by atoms with Crippen molar-refractivity contribution in [3.8, 4) is 0 Å². The average molecular weight is 349 g/mol. The smallest absolute Gasteiger partial charge is 0.251 e. The molecule has 2 aromatic rings. The summed E-state index contributed by atoms with van der Waals surface area (Å²) >= 11 is 0. The minimum absolute atomic E-state index is 0. The first kappa shape index (κ1) is 18.4. The summed E-state index contributed by atoms with van der Waals surface area (Å²) in [6.45, 7) is 1.13. The maximum Gasteiger partial charge on any atom is 0.251 e. The van der Waals surface area contributed by atoms with Crippen LogP contribution in [0.3, 0.4) is 0 Å². The van der Waals surface area contributed by atoms with Crippen molar-refractivity contribution in [1.29, 1.82) is 0 Å². The van der Waals surface area contributed by atoms with Crippen LogP contribution in [0, 0.1) is 11.2 Å². The summed E-state index contributed by atoms with van der Waals surface area (Å²) in [4.78, 5) is 12.2. The van der Waals surface area contributed by atoms with E-state index in [1.165, 1.54) is 12.1 Å². The first-order valence-electron chi connectivity index (χ1n) is 7.92. The number of carbonyl (C=O) groups is 1. The highest BCUT2D eigenvalue weighted by Gasteiger charge is 2.42. The third kappa shape index (κ3) is 4.56. The molecule has 128 valence electrons. The molecule has 0 atom stereocenters. The molecule has 0 aliphatic heterocycles. The van der Waals surface area contributed by atoms with Crippen LogP contribution >= 0.6 is 12.4 Å². The van der Waals surface area contributed by atoms with Crippen LogP contribution in [-0.2, 0) is 13.0 Å². The largest absolute Gasteiger partial charge is 0.351 e. The molecule has 1 amide bonds. The monoisotopic (exact) mass is 348 g/mol. The van der Waals surface area contributed by atoms with Gasteiger partial charge >= 0.3 is 0 Å². The average Bonchev–Trinajstić information content (AvgIpc) is 3.35. The Bertz CT molecular complexity index is 682. The molecule has 0 saturated heterocycles. The molecule has 0 spiro atoms.